The molecule has 2 heterocycles. The molecule has 2 aromatic heterocycles. The van der Waals surface area contributed by atoms with Gasteiger partial charge in [0.1, 0.15) is 0 Å². The molecule has 0 atom stereocenters. The van der Waals surface area contributed by atoms with E-state index in [2.05, 4.69) is 102 Å². The van der Waals surface area contributed by atoms with Crippen LogP contribution in [-0.2, 0) is 0 Å². The van der Waals surface area contributed by atoms with E-state index in [1.807, 2.05) is 0 Å². The van der Waals surface area contributed by atoms with E-state index in [1.54, 1.807) is 0 Å². The number of rotatable bonds is 3. The van der Waals surface area contributed by atoms with Crippen molar-refractivity contribution in [3.05, 3.63) is 78.1 Å². The van der Waals surface area contributed by atoms with Crippen molar-refractivity contribution in [2.75, 3.05) is 19.0 Å². The monoisotopic (exact) mass is 275 g/mol. The van der Waals surface area contributed by atoms with Crippen molar-refractivity contribution in [1.82, 2.24) is 0 Å². The van der Waals surface area contributed by atoms with Crippen molar-refractivity contribution in [3.63, 3.8) is 0 Å². The second-order valence-electron chi connectivity index (χ2n) is 5.27. The Labute approximate surface area is 125 Å². The summed E-state index contributed by atoms with van der Waals surface area (Å²) < 4.78 is 2.19. The average Bonchev–Trinajstić information content (AvgIpc) is 2.53. The molecule has 0 saturated carbocycles. The molecule has 0 aliphatic heterocycles. The van der Waals surface area contributed by atoms with Gasteiger partial charge in [-0.2, -0.15) is 4.40 Å². The van der Waals surface area contributed by atoms with Gasteiger partial charge in [0.15, 0.2) is 6.20 Å². The van der Waals surface area contributed by atoms with Crippen LogP contribution in [0.5, 0.6) is 0 Å². The minimum atomic E-state index is 1.17. The molecular formula is C19H19N2+. The molecule has 0 spiro atoms. The summed E-state index contributed by atoms with van der Waals surface area (Å²) in [7, 11) is 4.11. The van der Waals surface area contributed by atoms with Crippen LogP contribution in [0.2, 0.25) is 0 Å². The van der Waals surface area contributed by atoms with Crippen LogP contribution in [0.1, 0.15) is 11.3 Å². The van der Waals surface area contributed by atoms with Gasteiger partial charge in [0.25, 0.3) is 0 Å². The van der Waals surface area contributed by atoms with Crippen molar-refractivity contribution in [2.45, 2.75) is 0 Å². The van der Waals surface area contributed by atoms with Crippen LogP contribution in [0.3, 0.4) is 0 Å². The Morgan fingerprint density at radius 2 is 1.57 bits per heavy atom. The van der Waals surface area contributed by atoms with E-state index < -0.39 is 0 Å². The molecule has 0 saturated heterocycles. The standard InChI is InChI=1S/C19H19N2/c1-20(2)17-12-9-16(10-13-17)11-14-19-8-5-7-18-6-3-4-15-21(18)19/h3-15H,1-2H3/q+1. The summed E-state index contributed by atoms with van der Waals surface area (Å²) in [5.41, 5.74) is 4.79. The average molecular weight is 275 g/mol. The lowest BCUT2D eigenvalue weighted by Gasteiger charge is -2.11. The Hall–Kier alpha value is -2.61. The zero-order valence-electron chi connectivity index (χ0n) is 12.4. The summed E-state index contributed by atoms with van der Waals surface area (Å²) in [4.78, 5) is 2.11. The van der Waals surface area contributed by atoms with Crippen LogP contribution in [0, 0.1) is 0 Å². The van der Waals surface area contributed by atoms with E-state index in [1.165, 1.54) is 22.5 Å². The minimum Gasteiger partial charge on any atom is -0.378 e. The van der Waals surface area contributed by atoms with Gasteiger partial charge < -0.3 is 4.90 Å². The molecule has 0 amide bonds. The summed E-state index contributed by atoms with van der Waals surface area (Å²) >= 11 is 0. The fraction of sp³-hybridized carbons (Fsp3) is 0.105. The van der Waals surface area contributed by atoms with Gasteiger partial charge in [0.2, 0.25) is 11.2 Å². The highest BCUT2D eigenvalue weighted by molar-refractivity contribution is 5.68. The lowest BCUT2D eigenvalue weighted by atomic mass is 10.1. The molecule has 0 unspecified atom stereocenters. The first kappa shape index (κ1) is 13.4. The number of nitrogens with zero attached hydrogens (tertiary/aromatic N) is 2. The Bertz CT molecular complexity index is 766. The predicted molar refractivity (Wildman–Crippen MR) is 89.3 cm³/mol. The Morgan fingerprint density at radius 1 is 0.810 bits per heavy atom. The Morgan fingerprint density at radius 3 is 2.33 bits per heavy atom. The van der Waals surface area contributed by atoms with Crippen molar-refractivity contribution in [1.29, 1.82) is 0 Å². The largest absolute Gasteiger partial charge is 0.378 e. The number of fused-ring (bicyclic) bond motifs is 1. The van der Waals surface area contributed by atoms with Crippen LogP contribution in [-0.4, -0.2) is 14.1 Å². The van der Waals surface area contributed by atoms with Gasteiger partial charge in [-0.3, -0.25) is 0 Å². The first-order chi connectivity index (χ1) is 10.2. The normalized spacial score (nSPS) is 11.1. The van der Waals surface area contributed by atoms with Gasteiger partial charge in [-0.25, -0.2) is 0 Å². The van der Waals surface area contributed by atoms with E-state index in [0.717, 1.165) is 0 Å². The molecule has 2 nitrogen and oxygen atoms in total. The van der Waals surface area contributed by atoms with E-state index in [4.69, 9.17) is 0 Å². The highest BCUT2D eigenvalue weighted by Gasteiger charge is 2.04. The minimum absolute atomic E-state index is 1.17. The van der Waals surface area contributed by atoms with Crippen LogP contribution in [0.4, 0.5) is 5.69 Å². The molecule has 0 radical (unpaired) electrons. The maximum Gasteiger partial charge on any atom is 0.211 e. The third kappa shape index (κ3) is 2.95. The lowest BCUT2D eigenvalue weighted by molar-refractivity contribution is -0.514. The van der Waals surface area contributed by atoms with Gasteiger partial charge in [-0.05, 0) is 35.9 Å². The zero-order chi connectivity index (χ0) is 14.7. The quantitative estimate of drug-likeness (QED) is 0.662. The lowest BCUT2D eigenvalue weighted by Crippen LogP contribution is -2.24. The van der Waals surface area contributed by atoms with Gasteiger partial charge >= 0.3 is 0 Å². The molecule has 104 valence electrons. The molecular weight excluding hydrogens is 256 g/mol. The van der Waals surface area contributed by atoms with Gasteiger partial charge in [0.05, 0.1) is 0 Å². The summed E-state index contributed by atoms with van der Waals surface area (Å²) in [6.45, 7) is 0. The number of aromatic nitrogens is 1. The number of benzene rings is 1. The third-order valence-electron chi connectivity index (χ3n) is 3.56. The third-order valence-corrected chi connectivity index (χ3v) is 3.56. The first-order valence-electron chi connectivity index (χ1n) is 7.09. The van der Waals surface area contributed by atoms with Crippen molar-refractivity contribution >= 4 is 23.4 Å². The molecule has 21 heavy (non-hydrogen) atoms. The molecule has 3 aromatic rings. The van der Waals surface area contributed by atoms with E-state index in [-0.39, 0.29) is 0 Å². The Kier molecular flexibility index (Phi) is 3.69. The molecule has 0 bridgehead atoms. The maximum atomic E-state index is 2.19. The summed E-state index contributed by atoms with van der Waals surface area (Å²) in [6.07, 6.45) is 6.38. The van der Waals surface area contributed by atoms with E-state index >= 15 is 0 Å². The van der Waals surface area contributed by atoms with Gasteiger partial charge in [-0.1, -0.05) is 12.1 Å². The number of hydrogen-bond acceptors (Lipinski definition) is 1. The second kappa shape index (κ2) is 5.80. The summed E-state index contributed by atoms with van der Waals surface area (Å²) in [5, 5.41) is 0. The van der Waals surface area contributed by atoms with E-state index in [9.17, 15) is 0 Å². The van der Waals surface area contributed by atoms with Crippen LogP contribution in [0.15, 0.2) is 66.9 Å². The highest BCUT2D eigenvalue weighted by Crippen LogP contribution is 2.14. The summed E-state index contributed by atoms with van der Waals surface area (Å²) in [5.74, 6) is 0. The summed E-state index contributed by atoms with van der Waals surface area (Å²) in [6, 6.07) is 21.1. The van der Waals surface area contributed by atoms with Crippen LogP contribution >= 0.6 is 0 Å². The molecule has 3 rings (SSSR count). The molecule has 0 fully saturated rings. The topological polar surface area (TPSA) is 7.34 Å². The van der Waals surface area contributed by atoms with E-state index in [0.29, 0.717) is 0 Å². The fourth-order valence-electron chi connectivity index (χ4n) is 2.35. The molecule has 1 aromatic carbocycles. The fourth-order valence-corrected chi connectivity index (χ4v) is 2.35. The zero-order valence-corrected chi connectivity index (χ0v) is 12.4. The van der Waals surface area contributed by atoms with Crippen molar-refractivity contribution < 1.29 is 4.40 Å². The molecule has 0 aliphatic carbocycles. The van der Waals surface area contributed by atoms with Crippen molar-refractivity contribution in [3.8, 4) is 0 Å². The number of anilines is 1. The predicted octanol–water partition coefficient (Wildman–Crippen LogP) is 3.66. The van der Waals surface area contributed by atoms with Crippen molar-refractivity contribution in [2.24, 2.45) is 0 Å². The second-order valence-corrected chi connectivity index (χ2v) is 5.27. The van der Waals surface area contributed by atoms with Crippen LogP contribution in [0.25, 0.3) is 17.7 Å². The van der Waals surface area contributed by atoms with Gasteiger partial charge in [0, 0.05) is 50.1 Å². The van der Waals surface area contributed by atoms with Crippen LogP contribution < -0.4 is 9.30 Å². The molecule has 0 aliphatic rings. The Balaban J connectivity index is 1.91. The maximum absolute atomic E-state index is 2.19. The number of pyridine rings is 2. The first-order valence-corrected chi connectivity index (χ1v) is 7.09. The molecule has 2 heteroatoms. The number of hydrogen-bond donors (Lipinski definition) is 0. The highest BCUT2D eigenvalue weighted by atomic mass is 15.1. The molecule has 0 N–H and O–H groups in total. The SMILES string of the molecule is CN(C)c1ccc(/C=C/c2cccc3cccc[n+]23)cc1. The van der Waals surface area contributed by atoms with Gasteiger partial charge in [-0.15, -0.1) is 0 Å². The smallest absolute Gasteiger partial charge is 0.211 e.